The fourth-order valence-corrected chi connectivity index (χ4v) is 4.31. The maximum absolute atomic E-state index is 9.15. The highest BCUT2D eigenvalue weighted by molar-refractivity contribution is 5.86. The maximum Gasteiger partial charge on any atom is 0.236 e. The van der Waals surface area contributed by atoms with E-state index in [1.165, 1.54) is 11.1 Å². The van der Waals surface area contributed by atoms with Crippen molar-refractivity contribution in [2.45, 2.75) is 19.3 Å². The summed E-state index contributed by atoms with van der Waals surface area (Å²) >= 11 is 0. The van der Waals surface area contributed by atoms with Gasteiger partial charge in [0.2, 0.25) is 11.6 Å². The van der Waals surface area contributed by atoms with Crippen LogP contribution in [0.3, 0.4) is 0 Å². The Balaban J connectivity index is 1.63. The van der Waals surface area contributed by atoms with E-state index in [1.54, 1.807) is 0 Å². The number of nitriles is 2. The number of aromatic nitrogens is 3. The summed E-state index contributed by atoms with van der Waals surface area (Å²) in [4.78, 5) is 14.4. The Morgan fingerprint density at radius 2 is 1.19 bits per heavy atom. The molecule has 0 saturated carbocycles. The van der Waals surface area contributed by atoms with Crippen molar-refractivity contribution in [3.63, 3.8) is 0 Å². The normalized spacial score (nSPS) is 13.4. The minimum absolute atomic E-state index is 0.0725. The van der Waals surface area contributed by atoms with Crippen LogP contribution in [0.1, 0.15) is 36.6 Å². The SMILES string of the molecule is CC1(C)c2ccccc2N(c2ccc(-c3nc(C#N)nc(C#N)n3)cc2)c2ccccc21. The Hall–Kier alpha value is -4.55. The second-order valence-electron chi connectivity index (χ2n) is 8.07. The van der Waals surface area contributed by atoms with E-state index in [2.05, 4.69) is 82.2 Å². The van der Waals surface area contributed by atoms with Crippen LogP contribution in [-0.2, 0) is 5.41 Å². The first-order valence-corrected chi connectivity index (χ1v) is 10.2. The van der Waals surface area contributed by atoms with Crippen LogP contribution in [0.15, 0.2) is 72.8 Å². The molecule has 0 bridgehead atoms. The molecule has 1 aromatic heterocycles. The first-order valence-electron chi connectivity index (χ1n) is 10.2. The zero-order valence-corrected chi connectivity index (χ0v) is 17.6. The minimum atomic E-state index is -0.115. The maximum atomic E-state index is 9.15. The molecule has 0 unspecified atom stereocenters. The molecule has 5 rings (SSSR count). The molecule has 0 spiro atoms. The lowest BCUT2D eigenvalue weighted by Gasteiger charge is -2.42. The summed E-state index contributed by atoms with van der Waals surface area (Å²) < 4.78 is 0. The molecule has 6 heteroatoms. The van der Waals surface area contributed by atoms with Crippen molar-refractivity contribution < 1.29 is 0 Å². The van der Waals surface area contributed by atoms with E-state index < -0.39 is 0 Å². The molecule has 0 fully saturated rings. The molecule has 6 nitrogen and oxygen atoms in total. The van der Waals surface area contributed by atoms with Crippen LogP contribution in [0.2, 0.25) is 0 Å². The lowest BCUT2D eigenvalue weighted by Crippen LogP contribution is -2.30. The van der Waals surface area contributed by atoms with Crippen molar-refractivity contribution >= 4 is 17.1 Å². The van der Waals surface area contributed by atoms with E-state index in [0.717, 1.165) is 17.1 Å². The smallest absolute Gasteiger partial charge is 0.236 e. The average Bonchev–Trinajstić information content (AvgIpc) is 2.84. The van der Waals surface area contributed by atoms with Gasteiger partial charge in [0.15, 0.2) is 5.82 Å². The van der Waals surface area contributed by atoms with Gasteiger partial charge in [0.05, 0.1) is 11.4 Å². The van der Waals surface area contributed by atoms with Crippen molar-refractivity contribution in [2.24, 2.45) is 0 Å². The minimum Gasteiger partial charge on any atom is -0.310 e. The zero-order chi connectivity index (χ0) is 22.3. The molecule has 0 atom stereocenters. The topological polar surface area (TPSA) is 89.5 Å². The van der Waals surface area contributed by atoms with Crippen LogP contribution in [0.25, 0.3) is 11.4 Å². The van der Waals surface area contributed by atoms with Gasteiger partial charge in [-0.1, -0.05) is 50.2 Å². The third-order valence-corrected chi connectivity index (χ3v) is 5.86. The molecule has 3 aromatic carbocycles. The molecule has 0 amide bonds. The molecule has 0 radical (unpaired) electrons. The molecular weight excluding hydrogens is 396 g/mol. The predicted octanol–water partition coefficient (Wildman–Crippen LogP) is 5.39. The molecule has 0 saturated heterocycles. The highest BCUT2D eigenvalue weighted by atomic mass is 15.2. The van der Waals surface area contributed by atoms with Gasteiger partial charge in [0.1, 0.15) is 12.1 Å². The van der Waals surface area contributed by atoms with Gasteiger partial charge in [0, 0.05) is 16.7 Å². The van der Waals surface area contributed by atoms with Gasteiger partial charge in [-0.3, -0.25) is 0 Å². The first kappa shape index (κ1) is 19.4. The monoisotopic (exact) mass is 414 g/mol. The number of hydrogen-bond acceptors (Lipinski definition) is 6. The number of benzene rings is 3. The molecule has 1 aliphatic heterocycles. The third kappa shape index (κ3) is 2.98. The molecule has 152 valence electrons. The van der Waals surface area contributed by atoms with E-state index in [1.807, 2.05) is 36.4 Å². The third-order valence-electron chi connectivity index (χ3n) is 5.86. The second kappa shape index (κ2) is 7.30. The van der Waals surface area contributed by atoms with Gasteiger partial charge < -0.3 is 4.90 Å². The second-order valence-corrected chi connectivity index (χ2v) is 8.07. The lowest BCUT2D eigenvalue weighted by molar-refractivity contribution is 0.632. The molecule has 0 aliphatic carbocycles. The van der Waals surface area contributed by atoms with Gasteiger partial charge in [-0.15, -0.1) is 0 Å². The van der Waals surface area contributed by atoms with Crippen molar-refractivity contribution in [2.75, 3.05) is 4.90 Å². The molecule has 0 N–H and O–H groups in total. The summed E-state index contributed by atoms with van der Waals surface area (Å²) in [6.07, 6.45) is 0. The summed E-state index contributed by atoms with van der Waals surface area (Å²) in [5.41, 5.74) is 6.40. The van der Waals surface area contributed by atoms with Crippen LogP contribution in [0.4, 0.5) is 17.1 Å². The zero-order valence-electron chi connectivity index (χ0n) is 17.6. The molecule has 4 aromatic rings. The first-order chi connectivity index (χ1) is 15.5. The Kier molecular flexibility index (Phi) is 4.43. The molecule has 2 heterocycles. The number of rotatable bonds is 2. The van der Waals surface area contributed by atoms with Crippen LogP contribution in [0, 0.1) is 22.7 Å². The van der Waals surface area contributed by atoms with E-state index >= 15 is 0 Å². The summed E-state index contributed by atoms with van der Waals surface area (Å²) in [6.45, 7) is 4.51. The largest absolute Gasteiger partial charge is 0.310 e. The van der Waals surface area contributed by atoms with E-state index in [9.17, 15) is 0 Å². The van der Waals surface area contributed by atoms with E-state index in [-0.39, 0.29) is 17.1 Å². The number of anilines is 3. The van der Waals surface area contributed by atoms with Crippen molar-refractivity contribution in [1.29, 1.82) is 10.5 Å². The Bertz CT molecular complexity index is 1340. The average molecular weight is 414 g/mol. The number of fused-ring (bicyclic) bond motifs is 2. The molecular formula is C26H18N6. The van der Waals surface area contributed by atoms with Gasteiger partial charge >= 0.3 is 0 Å². The van der Waals surface area contributed by atoms with Crippen molar-refractivity contribution in [3.05, 3.63) is 95.6 Å². The Morgan fingerprint density at radius 3 is 1.69 bits per heavy atom. The summed E-state index contributed by atoms with van der Waals surface area (Å²) in [7, 11) is 0. The summed E-state index contributed by atoms with van der Waals surface area (Å²) in [5, 5.41) is 18.3. The summed E-state index contributed by atoms with van der Waals surface area (Å²) in [6, 6.07) is 28.5. The van der Waals surface area contributed by atoms with Crippen LogP contribution >= 0.6 is 0 Å². The Morgan fingerprint density at radius 1 is 0.688 bits per heavy atom. The quantitative estimate of drug-likeness (QED) is 0.437. The Labute approximate surface area is 186 Å². The van der Waals surface area contributed by atoms with Crippen molar-refractivity contribution in [3.8, 4) is 23.5 Å². The van der Waals surface area contributed by atoms with Gasteiger partial charge in [-0.2, -0.15) is 25.5 Å². The van der Waals surface area contributed by atoms with Gasteiger partial charge in [-0.25, -0.2) is 0 Å². The lowest BCUT2D eigenvalue weighted by atomic mass is 9.73. The highest BCUT2D eigenvalue weighted by Gasteiger charge is 2.36. The number of hydrogen-bond donors (Lipinski definition) is 0. The summed E-state index contributed by atoms with van der Waals surface area (Å²) in [5.74, 6) is 0.161. The molecule has 32 heavy (non-hydrogen) atoms. The fourth-order valence-electron chi connectivity index (χ4n) is 4.31. The van der Waals surface area contributed by atoms with E-state index in [0.29, 0.717) is 11.4 Å². The van der Waals surface area contributed by atoms with Gasteiger partial charge in [-0.05, 0) is 47.5 Å². The molecule has 1 aliphatic rings. The van der Waals surface area contributed by atoms with Crippen LogP contribution < -0.4 is 4.90 Å². The van der Waals surface area contributed by atoms with Gasteiger partial charge in [0.25, 0.3) is 0 Å². The number of para-hydroxylation sites is 2. The fraction of sp³-hybridized carbons (Fsp3) is 0.115. The van der Waals surface area contributed by atoms with E-state index in [4.69, 9.17) is 10.5 Å². The van der Waals surface area contributed by atoms with Crippen molar-refractivity contribution in [1.82, 2.24) is 15.0 Å². The number of nitrogens with zero attached hydrogens (tertiary/aromatic N) is 6. The highest BCUT2D eigenvalue weighted by Crippen LogP contribution is 2.51. The van der Waals surface area contributed by atoms with Crippen LogP contribution in [0.5, 0.6) is 0 Å². The van der Waals surface area contributed by atoms with Crippen LogP contribution in [-0.4, -0.2) is 15.0 Å². The standard InChI is InChI=1S/C26H18N6/c1-26(2)19-7-3-5-9-21(19)32(22-10-6-4-8-20(22)26)18-13-11-17(12-14-18)25-30-23(15-27)29-24(16-28)31-25/h3-14H,1-2H3. The predicted molar refractivity (Wildman–Crippen MR) is 122 cm³/mol.